The van der Waals surface area contributed by atoms with Crippen molar-refractivity contribution in [2.24, 2.45) is 0 Å². The molecular weight excluding hydrogens is 234 g/mol. The van der Waals surface area contributed by atoms with Gasteiger partial charge in [0.05, 0.1) is 6.20 Å². The third kappa shape index (κ3) is 2.06. The zero-order valence-corrected chi connectivity index (χ0v) is 8.45. The summed E-state index contributed by atoms with van der Waals surface area (Å²) in [6.45, 7) is 0. The molecule has 0 aromatic carbocycles. The topological polar surface area (TPSA) is 39.2 Å². The second-order valence-electron chi connectivity index (χ2n) is 3.03. The van der Waals surface area contributed by atoms with Crippen LogP contribution in [0.3, 0.4) is 0 Å². The van der Waals surface area contributed by atoms with Crippen molar-refractivity contribution >= 4 is 21.7 Å². The second kappa shape index (κ2) is 3.46. The van der Waals surface area contributed by atoms with E-state index < -0.39 is 0 Å². The molecule has 1 heterocycles. The summed E-state index contributed by atoms with van der Waals surface area (Å²) < 4.78 is 6.37. The van der Waals surface area contributed by atoms with Crippen LogP contribution in [0.1, 0.15) is 12.8 Å². The quantitative estimate of drug-likeness (QED) is 0.795. The third-order valence-electron chi connectivity index (χ3n) is 1.89. The van der Waals surface area contributed by atoms with Crippen LogP contribution in [-0.2, 0) is 4.79 Å². The van der Waals surface area contributed by atoms with Crippen molar-refractivity contribution in [1.82, 2.24) is 4.98 Å². The summed E-state index contributed by atoms with van der Waals surface area (Å²) in [4.78, 5) is 14.6. The number of hydrogen-bond donors (Lipinski definition) is 0. The average Bonchev–Trinajstić information content (AvgIpc) is 2.01. The van der Waals surface area contributed by atoms with Crippen LogP contribution in [0.25, 0.3) is 0 Å². The van der Waals surface area contributed by atoms with Gasteiger partial charge in [-0.05, 0) is 22.0 Å². The number of Topliss-reactive ketones (excluding diaryl/α,β-unsaturated/α-hetero) is 1. The van der Waals surface area contributed by atoms with Crippen LogP contribution in [0.4, 0.5) is 0 Å². The maximum absolute atomic E-state index is 10.7. The molecule has 0 unspecified atom stereocenters. The van der Waals surface area contributed by atoms with Gasteiger partial charge in [-0.15, -0.1) is 0 Å². The summed E-state index contributed by atoms with van der Waals surface area (Å²) in [5.41, 5.74) is 0. The molecule has 1 aromatic rings. The number of halogens is 1. The molecule has 0 N–H and O–H groups in total. The SMILES string of the molecule is O=C1CC(Oc2cncc(Br)c2)C1. The Balaban J connectivity index is 1.98. The molecule has 4 heteroatoms. The summed E-state index contributed by atoms with van der Waals surface area (Å²) in [6.07, 6.45) is 4.47. The van der Waals surface area contributed by atoms with E-state index in [2.05, 4.69) is 20.9 Å². The maximum Gasteiger partial charge on any atom is 0.140 e. The van der Waals surface area contributed by atoms with Crippen molar-refractivity contribution in [3.8, 4) is 5.75 Å². The van der Waals surface area contributed by atoms with E-state index in [4.69, 9.17) is 4.74 Å². The molecule has 0 saturated heterocycles. The number of ketones is 1. The van der Waals surface area contributed by atoms with E-state index in [-0.39, 0.29) is 11.9 Å². The Morgan fingerprint density at radius 2 is 2.23 bits per heavy atom. The molecule has 0 amide bonds. The van der Waals surface area contributed by atoms with E-state index in [1.807, 2.05) is 6.07 Å². The first-order valence-corrected chi connectivity index (χ1v) is 4.82. The van der Waals surface area contributed by atoms with Gasteiger partial charge in [0.2, 0.25) is 0 Å². The highest BCUT2D eigenvalue weighted by atomic mass is 79.9. The Kier molecular flexibility index (Phi) is 2.31. The van der Waals surface area contributed by atoms with Crippen molar-refractivity contribution in [3.05, 3.63) is 22.9 Å². The zero-order valence-electron chi connectivity index (χ0n) is 6.87. The number of hydrogen-bond acceptors (Lipinski definition) is 3. The molecule has 0 atom stereocenters. The van der Waals surface area contributed by atoms with Gasteiger partial charge in [0, 0.05) is 23.5 Å². The molecule has 0 bridgehead atoms. The smallest absolute Gasteiger partial charge is 0.140 e. The van der Waals surface area contributed by atoms with E-state index >= 15 is 0 Å². The lowest BCUT2D eigenvalue weighted by Crippen LogP contribution is -2.33. The lowest BCUT2D eigenvalue weighted by atomic mass is 9.94. The molecule has 1 aromatic heterocycles. The summed E-state index contributed by atoms with van der Waals surface area (Å²) in [5.74, 6) is 0.986. The van der Waals surface area contributed by atoms with E-state index in [0.717, 1.165) is 4.47 Å². The second-order valence-corrected chi connectivity index (χ2v) is 3.94. The van der Waals surface area contributed by atoms with Gasteiger partial charge in [0.25, 0.3) is 0 Å². The minimum Gasteiger partial charge on any atom is -0.488 e. The highest BCUT2D eigenvalue weighted by Crippen LogP contribution is 2.23. The summed E-state index contributed by atoms with van der Waals surface area (Å²) >= 11 is 3.29. The summed E-state index contributed by atoms with van der Waals surface area (Å²) in [6, 6.07) is 1.84. The Morgan fingerprint density at radius 3 is 2.85 bits per heavy atom. The molecule has 3 nitrogen and oxygen atoms in total. The van der Waals surface area contributed by atoms with Crippen molar-refractivity contribution in [2.45, 2.75) is 18.9 Å². The van der Waals surface area contributed by atoms with Crippen LogP contribution in [0.2, 0.25) is 0 Å². The Hall–Kier alpha value is -0.900. The van der Waals surface area contributed by atoms with Crippen molar-refractivity contribution in [3.63, 3.8) is 0 Å². The monoisotopic (exact) mass is 241 g/mol. The van der Waals surface area contributed by atoms with Crippen molar-refractivity contribution in [2.75, 3.05) is 0 Å². The number of aromatic nitrogens is 1. The first kappa shape index (κ1) is 8.69. The molecule has 1 aliphatic carbocycles. The van der Waals surface area contributed by atoms with Gasteiger partial charge in [-0.2, -0.15) is 0 Å². The van der Waals surface area contributed by atoms with Crippen molar-refractivity contribution < 1.29 is 9.53 Å². The van der Waals surface area contributed by atoms with Gasteiger partial charge in [0.1, 0.15) is 17.6 Å². The predicted octanol–water partition coefficient (Wildman–Crippen LogP) is 1.95. The van der Waals surface area contributed by atoms with Gasteiger partial charge in [-0.1, -0.05) is 0 Å². The van der Waals surface area contributed by atoms with Crippen LogP contribution in [0.15, 0.2) is 22.9 Å². The molecule has 1 aliphatic rings. The highest BCUT2D eigenvalue weighted by Gasteiger charge is 2.28. The Morgan fingerprint density at radius 1 is 1.46 bits per heavy atom. The lowest BCUT2D eigenvalue weighted by molar-refractivity contribution is -0.129. The van der Waals surface area contributed by atoms with Crippen LogP contribution in [-0.4, -0.2) is 16.9 Å². The number of rotatable bonds is 2. The van der Waals surface area contributed by atoms with E-state index in [9.17, 15) is 4.79 Å². The molecule has 2 rings (SSSR count). The minimum atomic E-state index is 0.0589. The number of ether oxygens (including phenoxy) is 1. The maximum atomic E-state index is 10.7. The third-order valence-corrected chi connectivity index (χ3v) is 2.33. The molecule has 68 valence electrons. The van der Waals surface area contributed by atoms with Crippen LogP contribution in [0.5, 0.6) is 5.75 Å². The van der Waals surface area contributed by atoms with Crippen LogP contribution >= 0.6 is 15.9 Å². The Labute approximate surface area is 84.2 Å². The molecule has 0 radical (unpaired) electrons. The summed E-state index contributed by atoms with van der Waals surface area (Å²) in [7, 11) is 0. The molecule has 1 saturated carbocycles. The van der Waals surface area contributed by atoms with Gasteiger partial charge in [-0.3, -0.25) is 9.78 Å². The first-order chi connectivity index (χ1) is 6.24. The van der Waals surface area contributed by atoms with E-state index in [1.54, 1.807) is 12.4 Å². The van der Waals surface area contributed by atoms with Gasteiger partial charge < -0.3 is 4.74 Å². The van der Waals surface area contributed by atoms with Gasteiger partial charge >= 0.3 is 0 Å². The largest absolute Gasteiger partial charge is 0.488 e. The Bertz CT molecular complexity index is 332. The number of nitrogens with zero attached hydrogens (tertiary/aromatic N) is 1. The molecular formula is C9H8BrNO2. The standard InChI is InChI=1S/C9H8BrNO2/c10-6-1-9(5-11-4-6)13-8-2-7(12)3-8/h1,4-5,8H,2-3H2. The number of carbonyl (C=O) groups excluding carboxylic acids is 1. The minimum absolute atomic E-state index is 0.0589. The predicted molar refractivity (Wildman–Crippen MR) is 50.6 cm³/mol. The number of carbonyl (C=O) groups is 1. The fourth-order valence-electron chi connectivity index (χ4n) is 1.18. The fraction of sp³-hybridized carbons (Fsp3) is 0.333. The molecule has 13 heavy (non-hydrogen) atoms. The van der Waals surface area contributed by atoms with Crippen LogP contribution < -0.4 is 4.74 Å². The molecule has 0 aliphatic heterocycles. The zero-order chi connectivity index (χ0) is 9.26. The van der Waals surface area contributed by atoms with Gasteiger partial charge in [0.15, 0.2) is 0 Å². The van der Waals surface area contributed by atoms with Crippen LogP contribution in [0, 0.1) is 0 Å². The van der Waals surface area contributed by atoms with E-state index in [0.29, 0.717) is 18.6 Å². The fourth-order valence-corrected chi connectivity index (χ4v) is 1.52. The molecule has 0 spiro atoms. The highest BCUT2D eigenvalue weighted by molar-refractivity contribution is 9.10. The first-order valence-electron chi connectivity index (χ1n) is 4.03. The van der Waals surface area contributed by atoms with E-state index in [1.165, 1.54) is 0 Å². The van der Waals surface area contributed by atoms with Gasteiger partial charge in [-0.25, -0.2) is 0 Å². The van der Waals surface area contributed by atoms with Crippen molar-refractivity contribution in [1.29, 1.82) is 0 Å². The average molecular weight is 242 g/mol. The molecule has 1 fully saturated rings. The normalized spacial score (nSPS) is 16.8. The number of pyridine rings is 1. The lowest BCUT2D eigenvalue weighted by Gasteiger charge is -2.24. The summed E-state index contributed by atoms with van der Waals surface area (Å²) in [5, 5.41) is 0.